The van der Waals surface area contributed by atoms with E-state index in [0.717, 1.165) is 9.99 Å². The van der Waals surface area contributed by atoms with Crippen molar-refractivity contribution < 1.29 is 19.1 Å². The topological polar surface area (TPSA) is 55.8 Å². The van der Waals surface area contributed by atoms with Crippen LogP contribution in [0.15, 0.2) is 24.3 Å². The number of anilines is 1. The fraction of sp³-hybridized carbons (Fsp3) is 0.375. The smallest absolute Gasteiger partial charge is 0.337 e. The number of hydrogen-bond acceptors (Lipinski definition) is 4. The molecule has 6 heteroatoms. The van der Waals surface area contributed by atoms with Gasteiger partial charge in [-0.1, -0.05) is 12.2 Å². The van der Waals surface area contributed by atoms with Gasteiger partial charge in [-0.15, -0.1) is 0 Å². The summed E-state index contributed by atoms with van der Waals surface area (Å²) >= 11 is 2.11. The molecule has 0 bridgehead atoms. The zero-order valence-corrected chi connectivity index (χ0v) is 14.8. The molecule has 0 unspecified atom stereocenters. The van der Waals surface area contributed by atoms with Gasteiger partial charge in [0.15, 0.2) is 5.75 Å². The Bertz CT molecular complexity index is 612. The van der Waals surface area contributed by atoms with Crippen molar-refractivity contribution in [3.8, 4) is 5.75 Å². The van der Waals surface area contributed by atoms with E-state index in [4.69, 9.17) is 9.47 Å². The fourth-order valence-electron chi connectivity index (χ4n) is 2.29. The van der Waals surface area contributed by atoms with E-state index in [9.17, 15) is 9.59 Å². The van der Waals surface area contributed by atoms with Gasteiger partial charge >= 0.3 is 5.97 Å². The third-order valence-electron chi connectivity index (χ3n) is 3.37. The first-order valence-corrected chi connectivity index (χ1v) is 8.12. The Morgan fingerprint density at radius 2 is 2.23 bits per heavy atom. The van der Waals surface area contributed by atoms with Crippen LogP contribution in [-0.4, -0.2) is 32.1 Å². The third kappa shape index (κ3) is 3.60. The molecule has 0 aliphatic carbocycles. The van der Waals surface area contributed by atoms with Crippen LogP contribution in [0.4, 0.5) is 5.69 Å². The molecule has 0 radical (unpaired) electrons. The molecular formula is C16H18INO4. The van der Waals surface area contributed by atoms with E-state index in [-0.39, 0.29) is 5.91 Å². The Hall–Kier alpha value is -1.57. The third-order valence-corrected chi connectivity index (χ3v) is 4.17. The fourth-order valence-corrected chi connectivity index (χ4v) is 3.06. The van der Waals surface area contributed by atoms with Gasteiger partial charge in [-0.2, -0.15) is 0 Å². The number of rotatable bonds is 5. The van der Waals surface area contributed by atoms with Gasteiger partial charge in [-0.3, -0.25) is 4.79 Å². The van der Waals surface area contributed by atoms with Gasteiger partial charge in [0.05, 0.1) is 21.9 Å². The minimum atomic E-state index is -0.425. The van der Waals surface area contributed by atoms with E-state index in [2.05, 4.69) is 22.6 Å². The number of carbonyl (C=O) groups excluding carboxylic acids is 2. The van der Waals surface area contributed by atoms with Crippen LogP contribution in [0.5, 0.6) is 5.75 Å². The van der Waals surface area contributed by atoms with Crippen LogP contribution >= 0.6 is 22.6 Å². The number of allylic oxidation sites excluding steroid dienone is 1. The number of ether oxygens (including phenoxy) is 2. The van der Waals surface area contributed by atoms with Crippen molar-refractivity contribution in [2.45, 2.75) is 19.8 Å². The van der Waals surface area contributed by atoms with Crippen molar-refractivity contribution in [3.63, 3.8) is 0 Å². The molecule has 0 spiro atoms. The summed E-state index contributed by atoms with van der Waals surface area (Å²) in [5.74, 6) is 0.251. The lowest BCUT2D eigenvalue weighted by atomic mass is 10.1. The normalized spacial score (nSPS) is 14.7. The van der Waals surface area contributed by atoms with Crippen LogP contribution in [-0.2, 0) is 9.53 Å². The minimum Gasteiger partial charge on any atom is -0.486 e. The van der Waals surface area contributed by atoms with Crippen LogP contribution in [0.1, 0.15) is 30.1 Å². The van der Waals surface area contributed by atoms with E-state index in [1.165, 1.54) is 7.11 Å². The van der Waals surface area contributed by atoms with E-state index in [0.29, 0.717) is 36.6 Å². The van der Waals surface area contributed by atoms with Gasteiger partial charge in [0.25, 0.3) is 0 Å². The van der Waals surface area contributed by atoms with Gasteiger partial charge in [0.1, 0.15) is 6.61 Å². The summed E-state index contributed by atoms with van der Waals surface area (Å²) < 4.78 is 11.4. The van der Waals surface area contributed by atoms with Crippen LogP contribution in [0.3, 0.4) is 0 Å². The average molecular weight is 415 g/mol. The highest BCUT2D eigenvalue weighted by atomic mass is 127. The number of carbonyl (C=O) groups is 2. The zero-order chi connectivity index (χ0) is 16.1. The predicted molar refractivity (Wildman–Crippen MR) is 92.4 cm³/mol. The Labute approximate surface area is 143 Å². The lowest BCUT2D eigenvalue weighted by Gasteiger charge is -2.21. The van der Waals surface area contributed by atoms with Crippen LogP contribution in [0, 0.1) is 3.57 Å². The maximum atomic E-state index is 12.1. The van der Waals surface area contributed by atoms with Gasteiger partial charge < -0.3 is 14.4 Å². The number of amides is 1. The second kappa shape index (κ2) is 7.62. The second-order valence-electron chi connectivity index (χ2n) is 4.83. The van der Waals surface area contributed by atoms with Gasteiger partial charge in [-0.05, 0) is 48.1 Å². The molecule has 118 valence electrons. The molecule has 0 aromatic heterocycles. The highest BCUT2D eigenvalue weighted by Gasteiger charge is 2.27. The van der Waals surface area contributed by atoms with Crippen molar-refractivity contribution in [2.75, 3.05) is 25.2 Å². The molecule has 1 aromatic carbocycles. The summed E-state index contributed by atoms with van der Waals surface area (Å²) in [6.07, 6.45) is 5.12. The van der Waals surface area contributed by atoms with Crippen molar-refractivity contribution >= 4 is 40.2 Å². The molecule has 5 nitrogen and oxygen atoms in total. The molecule has 0 N–H and O–H groups in total. The van der Waals surface area contributed by atoms with E-state index < -0.39 is 5.97 Å². The molecule has 1 fully saturated rings. The van der Waals surface area contributed by atoms with Crippen LogP contribution in [0.2, 0.25) is 0 Å². The van der Waals surface area contributed by atoms with Crippen molar-refractivity contribution in [2.24, 2.45) is 0 Å². The van der Waals surface area contributed by atoms with Gasteiger partial charge in [-0.25, -0.2) is 4.79 Å². The number of esters is 1. The average Bonchev–Trinajstić information content (AvgIpc) is 2.93. The summed E-state index contributed by atoms with van der Waals surface area (Å²) in [6, 6.07) is 3.38. The monoisotopic (exact) mass is 415 g/mol. The largest absolute Gasteiger partial charge is 0.486 e. The lowest BCUT2D eigenvalue weighted by Crippen LogP contribution is -2.25. The summed E-state index contributed by atoms with van der Waals surface area (Å²) in [5, 5.41) is 0. The molecule has 2 rings (SSSR count). The molecule has 0 atom stereocenters. The predicted octanol–water partition coefficient (Wildman–Crippen LogP) is 3.16. The maximum Gasteiger partial charge on any atom is 0.337 e. The first-order valence-electron chi connectivity index (χ1n) is 7.04. The summed E-state index contributed by atoms with van der Waals surface area (Å²) in [4.78, 5) is 25.5. The van der Waals surface area contributed by atoms with Crippen molar-refractivity contribution in [3.05, 3.63) is 33.4 Å². The Kier molecular flexibility index (Phi) is 5.82. The number of nitrogens with zero attached hydrogens (tertiary/aromatic N) is 1. The summed E-state index contributed by atoms with van der Waals surface area (Å²) in [5.41, 5.74) is 1.05. The Balaban J connectivity index is 2.45. The Morgan fingerprint density at radius 3 is 2.82 bits per heavy atom. The summed E-state index contributed by atoms with van der Waals surface area (Å²) in [7, 11) is 1.34. The number of benzene rings is 1. The molecule has 22 heavy (non-hydrogen) atoms. The SMILES string of the molecule is C/C=C/COc1c(I)cc(C(=O)OC)cc1N1CCCC1=O. The van der Waals surface area contributed by atoms with Crippen LogP contribution < -0.4 is 9.64 Å². The van der Waals surface area contributed by atoms with E-state index in [1.54, 1.807) is 17.0 Å². The number of halogens is 1. The van der Waals surface area contributed by atoms with Crippen molar-refractivity contribution in [1.82, 2.24) is 0 Å². The van der Waals surface area contributed by atoms with E-state index in [1.807, 2.05) is 19.1 Å². The molecule has 1 aliphatic heterocycles. The second-order valence-corrected chi connectivity index (χ2v) is 5.99. The minimum absolute atomic E-state index is 0.0497. The standard InChI is InChI=1S/C16H18INO4/c1-3-4-8-22-15-12(17)9-11(16(20)21-2)10-13(15)18-7-5-6-14(18)19/h3-4,9-10H,5-8H2,1-2H3/b4-3+. The quantitative estimate of drug-likeness (QED) is 0.421. The van der Waals surface area contributed by atoms with Gasteiger partial charge in [0, 0.05) is 13.0 Å². The van der Waals surface area contributed by atoms with Crippen LogP contribution in [0.25, 0.3) is 0 Å². The molecule has 0 saturated carbocycles. The maximum absolute atomic E-state index is 12.1. The molecule has 1 saturated heterocycles. The first kappa shape index (κ1) is 16.8. The first-order chi connectivity index (χ1) is 10.6. The highest BCUT2D eigenvalue weighted by Crippen LogP contribution is 2.37. The molecule has 1 heterocycles. The van der Waals surface area contributed by atoms with Gasteiger partial charge in [0.2, 0.25) is 5.91 Å². The Morgan fingerprint density at radius 1 is 1.45 bits per heavy atom. The lowest BCUT2D eigenvalue weighted by molar-refractivity contribution is -0.117. The van der Waals surface area contributed by atoms with Crippen molar-refractivity contribution in [1.29, 1.82) is 0 Å². The molecule has 1 amide bonds. The highest BCUT2D eigenvalue weighted by molar-refractivity contribution is 14.1. The molecule has 1 aliphatic rings. The molecule has 1 aromatic rings. The number of hydrogen-bond donors (Lipinski definition) is 0. The zero-order valence-electron chi connectivity index (χ0n) is 12.6. The number of methoxy groups -OCH3 is 1. The molecular weight excluding hydrogens is 397 g/mol. The van der Waals surface area contributed by atoms with E-state index >= 15 is 0 Å². The summed E-state index contributed by atoms with van der Waals surface area (Å²) in [6.45, 7) is 2.97.